The number of ketones is 1. The number of Topliss-reactive ketones (excluding diaryl/α,β-unsaturated/α-hetero) is 1. The van der Waals surface area contributed by atoms with Gasteiger partial charge in [-0.15, -0.1) is 0 Å². The number of pyridine rings is 1. The minimum Gasteiger partial charge on any atom is -0.337 e. The number of halogens is 3. The van der Waals surface area contributed by atoms with Crippen molar-refractivity contribution < 1.29 is 18.0 Å². The van der Waals surface area contributed by atoms with Crippen LogP contribution in [-0.2, 0) is 11.2 Å². The van der Waals surface area contributed by atoms with Crippen molar-refractivity contribution in [2.24, 2.45) is 5.92 Å². The number of aryl methyl sites for hydroxylation is 1. The van der Waals surface area contributed by atoms with E-state index in [2.05, 4.69) is 17.2 Å². The standard InChI is InChI=1S/C20H25F3N2O/c1-3-6-14-10-11-18(24-13-14)25-17(19(26)15-8-5-9-15)12-16(7-4-2)20(21,22)23/h7,10-13,15H,3-6,8-9H2,1-2H3,(H,24,25)/b16-7-,17-12-. The Kier molecular flexibility index (Phi) is 7.00. The zero-order valence-corrected chi connectivity index (χ0v) is 15.2. The summed E-state index contributed by atoms with van der Waals surface area (Å²) in [6.07, 6.45) is 3.68. The van der Waals surface area contributed by atoms with Gasteiger partial charge < -0.3 is 5.32 Å². The van der Waals surface area contributed by atoms with Gasteiger partial charge in [0.1, 0.15) is 5.82 Å². The molecule has 2 rings (SSSR count). The SMILES string of the molecule is CC/C=C(/C=C(\Nc1ccc(CCC)cn1)C(=O)C1CCC1)C(F)(F)F. The van der Waals surface area contributed by atoms with Crippen molar-refractivity contribution in [1.82, 2.24) is 4.98 Å². The third-order valence-electron chi connectivity index (χ3n) is 4.42. The molecule has 1 heterocycles. The highest BCUT2D eigenvalue weighted by Gasteiger charge is 2.34. The van der Waals surface area contributed by atoms with Crippen molar-refractivity contribution in [3.05, 3.63) is 47.3 Å². The second kappa shape index (κ2) is 9.01. The molecular formula is C20H25F3N2O. The number of carbonyl (C=O) groups is 1. The fourth-order valence-electron chi connectivity index (χ4n) is 2.76. The van der Waals surface area contributed by atoms with Crippen molar-refractivity contribution in [2.45, 2.75) is 58.5 Å². The average molecular weight is 366 g/mol. The maximum Gasteiger partial charge on any atom is 0.416 e. The first-order chi connectivity index (χ1) is 12.3. The van der Waals surface area contributed by atoms with Crippen LogP contribution in [0, 0.1) is 5.92 Å². The van der Waals surface area contributed by atoms with Gasteiger partial charge in [0, 0.05) is 12.1 Å². The van der Waals surface area contributed by atoms with Gasteiger partial charge in [0.25, 0.3) is 0 Å². The predicted octanol–water partition coefficient (Wildman–Crippen LogP) is 5.60. The van der Waals surface area contributed by atoms with E-state index in [1.165, 1.54) is 0 Å². The predicted molar refractivity (Wildman–Crippen MR) is 96.7 cm³/mol. The third kappa shape index (κ3) is 5.44. The number of alkyl halides is 3. The van der Waals surface area contributed by atoms with Crippen LogP contribution < -0.4 is 5.32 Å². The van der Waals surface area contributed by atoms with E-state index in [0.717, 1.165) is 49.8 Å². The van der Waals surface area contributed by atoms with Crippen LogP contribution in [0.15, 0.2) is 41.8 Å². The molecule has 0 unspecified atom stereocenters. The molecule has 0 saturated heterocycles. The number of aromatic nitrogens is 1. The molecule has 142 valence electrons. The molecule has 0 amide bonds. The Bertz CT molecular complexity index is 671. The molecule has 0 bridgehead atoms. The zero-order valence-electron chi connectivity index (χ0n) is 15.2. The zero-order chi connectivity index (χ0) is 19.2. The van der Waals surface area contributed by atoms with Crippen molar-refractivity contribution in [3.63, 3.8) is 0 Å². The first-order valence-electron chi connectivity index (χ1n) is 9.10. The van der Waals surface area contributed by atoms with Gasteiger partial charge in [-0.3, -0.25) is 4.79 Å². The van der Waals surface area contributed by atoms with Crippen LogP contribution in [0.5, 0.6) is 0 Å². The summed E-state index contributed by atoms with van der Waals surface area (Å²) in [5, 5.41) is 2.82. The molecule has 26 heavy (non-hydrogen) atoms. The van der Waals surface area contributed by atoms with Crippen molar-refractivity contribution in [1.29, 1.82) is 0 Å². The lowest BCUT2D eigenvalue weighted by atomic mass is 9.81. The van der Waals surface area contributed by atoms with Crippen LogP contribution in [-0.4, -0.2) is 16.9 Å². The van der Waals surface area contributed by atoms with Crippen LogP contribution in [0.1, 0.15) is 51.5 Å². The molecule has 3 nitrogen and oxygen atoms in total. The molecule has 1 aromatic rings. The summed E-state index contributed by atoms with van der Waals surface area (Å²) < 4.78 is 39.7. The van der Waals surface area contributed by atoms with Crippen LogP contribution in [0.3, 0.4) is 0 Å². The number of anilines is 1. The quantitative estimate of drug-likeness (QED) is 0.481. The second-order valence-electron chi connectivity index (χ2n) is 6.54. The fourth-order valence-corrected chi connectivity index (χ4v) is 2.76. The average Bonchev–Trinajstić information content (AvgIpc) is 2.53. The summed E-state index contributed by atoms with van der Waals surface area (Å²) in [6.45, 7) is 3.69. The first kappa shape index (κ1) is 20.2. The van der Waals surface area contributed by atoms with Gasteiger partial charge in [0.2, 0.25) is 0 Å². The normalized spacial score (nSPS) is 16.3. The van der Waals surface area contributed by atoms with E-state index in [1.807, 2.05) is 6.07 Å². The van der Waals surface area contributed by atoms with Gasteiger partial charge in [-0.1, -0.05) is 38.8 Å². The molecule has 0 aromatic carbocycles. The molecule has 1 aliphatic rings. The van der Waals surface area contributed by atoms with Gasteiger partial charge in [0.15, 0.2) is 5.78 Å². The number of allylic oxidation sites excluding steroid dienone is 4. The van der Waals surface area contributed by atoms with E-state index in [1.54, 1.807) is 19.2 Å². The maximum absolute atomic E-state index is 13.2. The van der Waals surface area contributed by atoms with Crippen LogP contribution in [0.25, 0.3) is 0 Å². The summed E-state index contributed by atoms with van der Waals surface area (Å²) in [7, 11) is 0. The number of hydrogen-bond acceptors (Lipinski definition) is 3. The molecule has 1 aromatic heterocycles. The Balaban J connectivity index is 2.29. The minimum atomic E-state index is -4.50. The second-order valence-corrected chi connectivity index (χ2v) is 6.54. The van der Waals surface area contributed by atoms with Crippen molar-refractivity contribution in [3.8, 4) is 0 Å². The fraction of sp³-hybridized carbons (Fsp3) is 0.500. The molecule has 1 aliphatic carbocycles. The largest absolute Gasteiger partial charge is 0.416 e. The van der Waals surface area contributed by atoms with E-state index < -0.39 is 11.7 Å². The number of nitrogens with zero attached hydrogens (tertiary/aromatic N) is 1. The van der Waals surface area contributed by atoms with Crippen molar-refractivity contribution >= 4 is 11.6 Å². The highest BCUT2D eigenvalue weighted by molar-refractivity contribution is 6.00. The molecule has 1 saturated carbocycles. The maximum atomic E-state index is 13.2. The summed E-state index contributed by atoms with van der Waals surface area (Å²) >= 11 is 0. The molecule has 6 heteroatoms. The lowest BCUT2D eigenvalue weighted by Gasteiger charge is -2.25. The topological polar surface area (TPSA) is 42.0 Å². The first-order valence-corrected chi connectivity index (χ1v) is 9.10. The van der Waals surface area contributed by atoms with E-state index in [4.69, 9.17) is 0 Å². The monoisotopic (exact) mass is 366 g/mol. The number of nitrogens with one attached hydrogen (secondary N) is 1. The molecule has 0 radical (unpaired) electrons. The Labute approximate surface area is 152 Å². The number of rotatable bonds is 8. The lowest BCUT2D eigenvalue weighted by molar-refractivity contribution is -0.121. The molecule has 0 aliphatic heterocycles. The number of hydrogen-bond donors (Lipinski definition) is 1. The Morgan fingerprint density at radius 3 is 2.50 bits per heavy atom. The molecule has 1 N–H and O–H groups in total. The third-order valence-corrected chi connectivity index (χ3v) is 4.42. The highest BCUT2D eigenvalue weighted by atomic mass is 19.4. The van der Waals surface area contributed by atoms with Gasteiger partial charge in [0.05, 0.1) is 11.3 Å². The number of carbonyl (C=O) groups excluding carboxylic acids is 1. The minimum absolute atomic E-state index is 0.0394. The van der Waals surface area contributed by atoms with Crippen LogP contribution >= 0.6 is 0 Å². The van der Waals surface area contributed by atoms with Gasteiger partial charge >= 0.3 is 6.18 Å². The molecule has 0 atom stereocenters. The molecule has 1 fully saturated rings. The summed E-state index contributed by atoms with van der Waals surface area (Å²) in [4.78, 5) is 16.8. The molecule has 0 spiro atoms. The van der Waals surface area contributed by atoms with Gasteiger partial charge in [-0.2, -0.15) is 13.2 Å². The van der Waals surface area contributed by atoms with E-state index in [9.17, 15) is 18.0 Å². The van der Waals surface area contributed by atoms with E-state index in [0.29, 0.717) is 5.82 Å². The van der Waals surface area contributed by atoms with Gasteiger partial charge in [-0.25, -0.2) is 4.98 Å². The van der Waals surface area contributed by atoms with E-state index >= 15 is 0 Å². The lowest BCUT2D eigenvalue weighted by Crippen LogP contribution is -2.27. The highest BCUT2D eigenvalue weighted by Crippen LogP contribution is 2.32. The Morgan fingerprint density at radius 2 is 2.04 bits per heavy atom. The van der Waals surface area contributed by atoms with E-state index in [-0.39, 0.29) is 23.8 Å². The van der Waals surface area contributed by atoms with Crippen LogP contribution in [0.4, 0.5) is 19.0 Å². The molecular weight excluding hydrogens is 341 g/mol. The Morgan fingerprint density at radius 1 is 1.31 bits per heavy atom. The smallest absolute Gasteiger partial charge is 0.337 e. The summed E-state index contributed by atoms with van der Waals surface area (Å²) in [5.74, 6) is -0.104. The summed E-state index contributed by atoms with van der Waals surface area (Å²) in [5.41, 5.74) is 0.205. The van der Waals surface area contributed by atoms with Crippen molar-refractivity contribution in [2.75, 3.05) is 5.32 Å². The summed E-state index contributed by atoms with van der Waals surface area (Å²) in [6, 6.07) is 3.57. The van der Waals surface area contributed by atoms with Crippen LogP contribution in [0.2, 0.25) is 0 Å². The van der Waals surface area contributed by atoms with Gasteiger partial charge in [-0.05, 0) is 43.4 Å². The Hall–Kier alpha value is -2.11.